The molecule has 2 aromatic carbocycles. The van der Waals surface area contributed by atoms with Crippen LogP contribution >= 0.6 is 0 Å². The number of likely N-dealkylation sites (N-methyl/N-ethyl adjacent to an activating group) is 1. The van der Waals surface area contributed by atoms with Crippen LogP contribution in [0.2, 0.25) is 0 Å². The molecule has 0 spiro atoms. The van der Waals surface area contributed by atoms with Crippen LogP contribution in [0.15, 0.2) is 48.5 Å². The van der Waals surface area contributed by atoms with E-state index >= 15 is 0 Å². The number of nitrogens with one attached hydrogen (secondary N) is 1. The van der Waals surface area contributed by atoms with Gasteiger partial charge in [0.2, 0.25) is 5.91 Å². The number of benzene rings is 2. The molecule has 0 aliphatic heterocycles. The molecule has 6 heteroatoms. The summed E-state index contributed by atoms with van der Waals surface area (Å²) in [6, 6.07) is 17.1. The second kappa shape index (κ2) is 7.79. The van der Waals surface area contributed by atoms with Gasteiger partial charge in [-0.2, -0.15) is 5.26 Å². The predicted octanol–water partition coefficient (Wildman–Crippen LogP) is 2.45. The van der Waals surface area contributed by atoms with Gasteiger partial charge in [0.1, 0.15) is 6.54 Å². The van der Waals surface area contributed by atoms with Crippen LogP contribution in [-0.4, -0.2) is 35.6 Å². The molecular weight excluding hydrogens is 306 g/mol. The fraction of sp³-hybridized carbons (Fsp3) is 0.167. The Labute approximate surface area is 139 Å². The number of carboxylic acid groups (broad SMARTS) is 1. The maximum absolute atomic E-state index is 11.8. The highest BCUT2D eigenvalue weighted by molar-refractivity contribution is 5.81. The fourth-order valence-corrected chi connectivity index (χ4v) is 2.23. The van der Waals surface area contributed by atoms with Crippen molar-refractivity contribution >= 4 is 12.0 Å². The van der Waals surface area contributed by atoms with Crippen LogP contribution in [0.1, 0.15) is 11.1 Å². The molecule has 2 aromatic rings. The van der Waals surface area contributed by atoms with Gasteiger partial charge >= 0.3 is 6.09 Å². The quantitative estimate of drug-likeness (QED) is 0.884. The molecule has 0 atom stereocenters. The van der Waals surface area contributed by atoms with Crippen LogP contribution in [0.4, 0.5) is 4.79 Å². The van der Waals surface area contributed by atoms with Crippen molar-refractivity contribution in [1.29, 1.82) is 5.26 Å². The Morgan fingerprint density at radius 3 is 2.50 bits per heavy atom. The summed E-state index contributed by atoms with van der Waals surface area (Å²) in [5.74, 6) is -0.304. The number of carbonyl (C=O) groups is 2. The Balaban J connectivity index is 2.08. The van der Waals surface area contributed by atoms with Crippen molar-refractivity contribution in [2.45, 2.75) is 6.54 Å². The second-order valence-corrected chi connectivity index (χ2v) is 5.30. The third-order valence-corrected chi connectivity index (χ3v) is 3.51. The largest absolute Gasteiger partial charge is 0.465 e. The van der Waals surface area contributed by atoms with E-state index in [1.807, 2.05) is 36.4 Å². The normalized spacial score (nSPS) is 9.83. The number of carbonyl (C=O) groups excluding carboxylic acids is 1. The van der Waals surface area contributed by atoms with Crippen LogP contribution in [0.25, 0.3) is 11.1 Å². The smallest absolute Gasteiger partial charge is 0.405 e. The number of amides is 2. The van der Waals surface area contributed by atoms with E-state index in [0.29, 0.717) is 12.1 Å². The maximum atomic E-state index is 11.8. The topological polar surface area (TPSA) is 93.4 Å². The minimum atomic E-state index is -1.22. The molecule has 0 heterocycles. The van der Waals surface area contributed by atoms with Gasteiger partial charge in [-0.3, -0.25) is 4.79 Å². The zero-order chi connectivity index (χ0) is 17.5. The standard InChI is InChI=1S/C18H17N3O3/c1-21(17(22)11-20-18(23)24)12-14-3-2-4-16(9-14)15-7-5-13(10-19)6-8-15/h2-9,20H,11-12H2,1H3,(H,23,24). The van der Waals surface area contributed by atoms with Gasteiger partial charge in [0.05, 0.1) is 11.6 Å². The Hall–Kier alpha value is -3.33. The first-order chi connectivity index (χ1) is 11.5. The van der Waals surface area contributed by atoms with E-state index in [2.05, 4.69) is 11.4 Å². The average molecular weight is 323 g/mol. The van der Waals surface area contributed by atoms with Crippen LogP contribution in [0.3, 0.4) is 0 Å². The monoisotopic (exact) mass is 323 g/mol. The molecule has 0 unspecified atom stereocenters. The highest BCUT2D eigenvalue weighted by atomic mass is 16.4. The molecule has 2 amide bonds. The van der Waals surface area contributed by atoms with Gasteiger partial charge in [0.15, 0.2) is 0 Å². The van der Waals surface area contributed by atoms with Crippen molar-refractivity contribution in [3.8, 4) is 17.2 Å². The number of nitrogens with zero attached hydrogens (tertiary/aromatic N) is 2. The summed E-state index contributed by atoms with van der Waals surface area (Å²) >= 11 is 0. The summed E-state index contributed by atoms with van der Waals surface area (Å²) in [6.45, 7) is 0.130. The summed E-state index contributed by atoms with van der Waals surface area (Å²) in [4.78, 5) is 23.7. The highest BCUT2D eigenvalue weighted by Crippen LogP contribution is 2.21. The van der Waals surface area contributed by atoms with E-state index in [1.165, 1.54) is 4.90 Å². The first-order valence-electron chi connectivity index (χ1n) is 7.30. The highest BCUT2D eigenvalue weighted by Gasteiger charge is 2.10. The van der Waals surface area contributed by atoms with Crippen molar-refractivity contribution in [2.75, 3.05) is 13.6 Å². The second-order valence-electron chi connectivity index (χ2n) is 5.30. The summed E-state index contributed by atoms with van der Waals surface area (Å²) in [5, 5.41) is 19.4. The van der Waals surface area contributed by atoms with Gasteiger partial charge < -0.3 is 15.3 Å². The molecule has 0 radical (unpaired) electrons. The van der Waals surface area contributed by atoms with Crippen LogP contribution in [0.5, 0.6) is 0 Å². The molecule has 24 heavy (non-hydrogen) atoms. The Kier molecular flexibility index (Phi) is 5.53. The molecule has 2 rings (SSSR count). The van der Waals surface area contributed by atoms with Crippen molar-refractivity contribution in [1.82, 2.24) is 10.2 Å². The van der Waals surface area contributed by atoms with Crippen molar-refractivity contribution in [3.63, 3.8) is 0 Å². The Morgan fingerprint density at radius 2 is 1.88 bits per heavy atom. The zero-order valence-electron chi connectivity index (χ0n) is 13.2. The van der Waals surface area contributed by atoms with Crippen molar-refractivity contribution < 1.29 is 14.7 Å². The summed E-state index contributed by atoms with van der Waals surface area (Å²) < 4.78 is 0. The molecule has 6 nitrogen and oxygen atoms in total. The summed E-state index contributed by atoms with van der Waals surface area (Å²) in [6.07, 6.45) is -1.22. The van der Waals surface area contributed by atoms with Gasteiger partial charge in [-0.05, 0) is 34.9 Å². The van der Waals surface area contributed by atoms with Crippen LogP contribution in [0, 0.1) is 11.3 Å². The lowest BCUT2D eigenvalue weighted by Gasteiger charge is -2.17. The molecule has 0 saturated heterocycles. The molecule has 0 fully saturated rings. The van der Waals surface area contributed by atoms with Gasteiger partial charge in [0.25, 0.3) is 0 Å². The SMILES string of the molecule is CN(Cc1cccc(-c2ccc(C#N)cc2)c1)C(=O)CNC(=O)O. The number of rotatable bonds is 5. The molecule has 0 saturated carbocycles. The Morgan fingerprint density at radius 1 is 1.17 bits per heavy atom. The molecule has 122 valence electrons. The van der Waals surface area contributed by atoms with Crippen LogP contribution in [-0.2, 0) is 11.3 Å². The molecule has 0 aliphatic rings. The molecule has 0 aromatic heterocycles. The number of nitriles is 1. The van der Waals surface area contributed by atoms with Gasteiger partial charge in [0, 0.05) is 13.6 Å². The minimum Gasteiger partial charge on any atom is -0.465 e. The third-order valence-electron chi connectivity index (χ3n) is 3.51. The third kappa shape index (κ3) is 4.58. The van der Waals surface area contributed by atoms with Crippen molar-refractivity contribution in [3.05, 3.63) is 59.7 Å². The average Bonchev–Trinajstić information content (AvgIpc) is 2.59. The predicted molar refractivity (Wildman–Crippen MR) is 89.1 cm³/mol. The zero-order valence-corrected chi connectivity index (χ0v) is 13.2. The molecule has 0 aliphatic carbocycles. The lowest BCUT2D eigenvalue weighted by Crippen LogP contribution is -2.37. The lowest BCUT2D eigenvalue weighted by atomic mass is 10.0. The lowest BCUT2D eigenvalue weighted by molar-refractivity contribution is -0.129. The van der Waals surface area contributed by atoms with E-state index in [4.69, 9.17) is 10.4 Å². The molecule has 0 bridgehead atoms. The maximum Gasteiger partial charge on any atom is 0.405 e. The van der Waals surface area contributed by atoms with E-state index < -0.39 is 6.09 Å². The molecular formula is C18H17N3O3. The fourth-order valence-electron chi connectivity index (χ4n) is 2.23. The minimum absolute atomic E-state index is 0.249. The Bertz CT molecular complexity index is 779. The number of hydrogen-bond acceptors (Lipinski definition) is 3. The van der Waals surface area contributed by atoms with Gasteiger partial charge in [-0.25, -0.2) is 4.79 Å². The number of hydrogen-bond donors (Lipinski definition) is 2. The van der Waals surface area contributed by atoms with E-state index in [-0.39, 0.29) is 12.5 Å². The summed E-state index contributed by atoms with van der Waals surface area (Å²) in [7, 11) is 1.63. The van der Waals surface area contributed by atoms with E-state index in [1.54, 1.807) is 19.2 Å². The molecule has 2 N–H and O–H groups in total. The van der Waals surface area contributed by atoms with Crippen LogP contribution < -0.4 is 5.32 Å². The summed E-state index contributed by atoms with van der Waals surface area (Å²) in [5.41, 5.74) is 3.51. The van der Waals surface area contributed by atoms with E-state index in [0.717, 1.165) is 16.7 Å². The van der Waals surface area contributed by atoms with Crippen molar-refractivity contribution in [2.24, 2.45) is 0 Å². The first-order valence-corrected chi connectivity index (χ1v) is 7.30. The van der Waals surface area contributed by atoms with E-state index in [9.17, 15) is 9.59 Å². The van der Waals surface area contributed by atoms with Gasteiger partial charge in [-0.1, -0.05) is 30.3 Å². The van der Waals surface area contributed by atoms with Gasteiger partial charge in [-0.15, -0.1) is 0 Å². The first kappa shape index (κ1) is 17.0.